The van der Waals surface area contributed by atoms with E-state index in [-0.39, 0.29) is 12.5 Å². The zero-order valence-electron chi connectivity index (χ0n) is 20.4. The molecule has 5 rings (SSSR count). The molecule has 0 unspecified atom stereocenters. The third kappa shape index (κ3) is 4.71. The van der Waals surface area contributed by atoms with Gasteiger partial charge in [0, 0.05) is 23.0 Å². The highest BCUT2D eigenvalue weighted by Gasteiger charge is 2.16. The van der Waals surface area contributed by atoms with E-state index in [2.05, 4.69) is 51.7 Å². The quantitative estimate of drug-likeness (QED) is 0.374. The number of rotatable bonds is 6. The topological polar surface area (TPSA) is 77.6 Å². The predicted molar refractivity (Wildman–Crippen MR) is 138 cm³/mol. The Morgan fingerprint density at radius 2 is 1.74 bits per heavy atom. The van der Waals surface area contributed by atoms with Gasteiger partial charge in [-0.15, -0.1) is 0 Å². The molecule has 0 aliphatic rings. The average Bonchev–Trinajstić information content (AvgIpc) is 3.31. The summed E-state index contributed by atoms with van der Waals surface area (Å²) in [4.78, 5) is 17.5. The fourth-order valence-electron chi connectivity index (χ4n) is 4.54. The van der Waals surface area contributed by atoms with Gasteiger partial charge in [-0.1, -0.05) is 42.0 Å². The summed E-state index contributed by atoms with van der Waals surface area (Å²) in [6.07, 6.45) is 1.78. The van der Waals surface area contributed by atoms with E-state index in [4.69, 9.17) is 0 Å². The van der Waals surface area contributed by atoms with Crippen molar-refractivity contribution >= 4 is 22.6 Å². The van der Waals surface area contributed by atoms with Crippen LogP contribution in [0.1, 0.15) is 28.2 Å². The number of nitrogens with zero attached hydrogens (tertiary/aromatic N) is 5. The van der Waals surface area contributed by atoms with Gasteiger partial charge in [0.25, 0.3) is 0 Å². The molecular weight excluding hydrogens is 436 g/mol. The minimum absolute atomic E-state index is 0.0797. The zero-order chi connectivity index (χ0) is 24.5. The lowest BCUT2D eigenvalue weighted by Gasteiger charge is -2.09. The smallest absolute Gasteiger partial charge is 0.246 e. The molecule has 0 fully saturated rings. The van der Waals surface area contributed by atoms with Gasteiger partial charge in [0.05, 0.1) is 17.9 Å². The number of pyridine rings is 1. The van der Waals surface area contributed by atoms with Crippen molar-refractivity contribution in [3.63, 3.8) is 0 Å². The van der Waals surface area contributed by atoms with E-state index in [1.807, 2.05) is 61.9 Å². The molecule has 7 heteroatoms. The van der Waals surface area contributed by atoms with E-state index < -0.39 is 0 Å². The molecule has 3 heterocycles. The molecule has 0 saturated heterocycles. The van der Waals surface area contributed by atoms with Crippen LogP contribution in [0, 0.1) is 27.7 Å². The van der Waals surface area contributed by atoms with Crippen molar-refractivity contribution in [2.24, 2.45) is 0 Å². The second-order valence-corrected chi connectivity index (χ2v) is 9.00. The minimum atomic E-state index is -0.152. The van der Waals surface area contributed by atoms with Gasteiger partial charge >= 0.3 is 0 Å². The fraction of sp³-hybridized carbons (Fsp3) is 0.214. The van der Waals surface area contributed by atoms with E-state index in [0.29, 0.717) is 12.2 Å². The number of amides is 1. The third-order valence-corrected chi connectivity index (χ3v) is 6.08. The second kappa shape index (κ2) is 9.18. The van der Waals surface area contributed by atoms with Crippen molar-refractivity contribution in [3.05, 3.63) is 95.1 Å². The number of aryl methyl sites for hydroxylation is 4. The number of hydrogen-bond donors (Lipinski definition) is 1. The average molecular weight is 465 g/mol. The first-order chi connectivity index (χ1) is 16.9. The number of anilines is 1. The summed E-state index contributed by atoms with van der Waals surface area (Å²) in [5, 5.41) is 13.2. The summed E-state index contributed by atoms with van der Waals surface area (Å²) in [6, 6.07) is 20.3. The summed E-state index contributed by atoms with van der Waals surface area (Å²) >= 11 is 0. The Morgan fingerprint density at radius 1 is 0.914 bits per heavy atom. The lowest BCUT2D eigenvalue weighted by Crippen LogP contribution is -2.20. The van der Waals surface area contributed by atoms with E-state index in [1.54, 1.807) is 10.9 Å². The molecule has 1 amide bonds. The number of hydrogen-bond acceptors (Lipinski definition) is 4. The van der Waals surface area contributed by atoms with E-state index in [0.717, 1.165) is 44.8 Å². The molecule has 0 aliphatic heterocycles. The van der Waals surface area contributed by atoms with Gasteiger partial charge in [-0.2, -0.15) is 10.2 Å². The molecule has 0 aliphatic carbocycles. The molecule has 1 N–H and O–H groups in total. The number of aromatic nitrogens is 5. The molecule has 0 bridgehead atoms. The Bertz CT molecular complexity index is 1540. The van der Waals surface area contributed by atoms with E-state index >= 15 is 0 Å². The van der Waals surface area contributed by atoms with Crippen molar-refractivity contribution < 1.29 is 4.79 Å². The number of carbonyl (C=O) groups is 1. The van der Waals surface area contributed by atoms with Gasteiger partial charge in [0.2, 0.25) is 5.91 Å². The highest BCUT2D eigenvalue weighted by atomic mass is 16.2. The van der Waals surface area contributed by atoms with Crippen LogP contribution in [0.5, 0.6) is 0 Å². The highest BCUT2D eigenvalue weighted by molar-refractivity contribution is 5.96. The molecule has 0 spiro atoms. The first kappa shape index (κ1) is 22.5. The van der Waals surface area contributed by atoms with Crippen LogP contribution in [0.25, 0.3) is 22.2 Å². The summed E-state index contributed by atoms with van der Waals surface area (Å²) in [7, 11) is 0. The van der Waals surface area contributed by atoms with Crippen LogP contribution in [0.3, 0.4) is 0 Å². The molecule has 3 aromatic heterocycles. The van der Waals surface area contributed by atoms with Gasteiger partial charge in [0.1, 0.15) is 6.54 Å². The Balaban J connectivity index is 1.36. The summed E-state index contributed by atoms with van der Waals surface area (Å²) in [5.74, 6) is -0.152. The maximum absolute atomic E-state index is 12.9. The van der Waals surface area contributed by atoms with Crippen LogP contribution in [-0.2, 0) is 17.9 Å². The Labute approximate surface area is 204 Å². The van der Waals surface area contributed by atoms with Crippen molar-refractivity contribution in [2.45, 2.75) is 40.8 Å². The SMILES string of the molecule is Cc1cccc(-c2ccnc3c2c(C)nn3CC(=O)Nc2cccc(Cn3nc(C)cc3C)c2)c1. The van der Waals surface area contributed by atoms with E-state index in [9.17, 15) is 4.79 Å². The molecule has 0 saturated carbocycles. The third-order valence-electron chi connectivity index (χ3n) is 6.08. The maximum atomic E-state index is 12.9. The Hall–Kier alpha value is -4.26. The van der Waals surface area contributed by atoms with Crippen LogP contribution >= 0.6 is 0 Å². The van der Waals surface area contributed by atoms with Crippen molar-refractivity contribution in [1.29, 1.82) is 0 Å². The zero-order valence-corrected chi connectivity index (χ0v) is 20.4. The largest absolute Gasteiger partial charge is 0.324 e. The first-order valence-electron chi connectivity index (χ1n) is 11.7. The van der Waals surface area contributed by atoms with Crippen LogP contribution in [0.2, 0.25) is 0 Å². The summed E-state index contributed by atoms with van der Waals surface area (Å²) in [6.45, 7) is 8.79. The second-order valence-electron chi connectivity index (χ2n) is 9.00. The van der Waals surface area contributed by atoms with Gasteiger partial charge in [-0.05, 0) is 68.7 Å². The first-order valence-corrected chi connectivity index (χ1v) is 11.7. The number of fused-ring (bicyclic) bond motifs is 1. The van der Waals surface area contributed by atoms with Crippen LogP contribution in [-0.4, -0.2) is 30.5 Å². The molecule has 0 radical (unpaired) electrons. The lowest BCUT2D eigenvalue weighted by atomic mass is 10.0. The van der Waals surface area contributed by atoms with Gasteiger partial charge in [-0.3, -0.25) is 9.48 Å². The van der Waals surface area contributed by atoms with Crippen molar-refractivity contribution in [1.82, 2.24) is 24.5 Å². The molecule has 35 heavy (non-hydrogen) atoms. The van der Waals surface area contributed by atoms with Crippen LogP contribution in [0.4, 0.5) is 5.69 Å². The van der Waals surface area contributed by atoms with Gasteiger partial charge in [-0.25, -0.2) is 9.67 Å². The van der Waals surface area contributed by atoms with Crippen molar-refractivity contribution in [2.75, 3.05) is 5.32 Å². The molecule has 176 valence electrons. The normalized spacial score (nSPS) is 11.2. The standard InChI is InChI=1S/C28H28N6O/c1-18-7-5-9-23(13-18)25-11-12-29-28-27(25)21(4)32-34(28)17-26(35)30-24-10-6-8-22(15-24)16-33-20(3)14-19(2)31-33/h5-15H,16-17H2,1-4H3,(H,30,35). The highest BCUT2D eigenvalue weighted by Crippen LogP contribution is 2.30. The predicted octanol–water partition coefficient (Wildman–Crippen LogP) is 5.22. The molecule has 2 aromatic carbocycles. The molecule has 5 aromatic rings. The number of carbonyl (C=O) groups excluding carboxylic acids is 1. The number of benzene rings is 2. The number of nitrogens with one attached hydrogen (secondary N) is 1. The summed E-state index contributed by atoms with van der Waals surface area (Å²) < 4.78 is 3.64. The van der Waals surface area contributed by atoms with Crippen molar-refractivity contribution in [3.8, 4) is 11.1 Å². The minimum Gasteiger partial charge on any atom is -0.324 e. The van der Waals surface area contributed by atoms with Gasteiger partial charge < -0.3 is 5.32 Å². The van der Waals surface area contributed by atoms with E-state index in [1.165, 1.54) is 5.56 Å². The maximum Gasteiger partial charge on any atom is 0.246 e. The Morgan fingerprint density at radius 3 is 2.51 bits per heavy atom. The monoisotopic (exact) mass is 464 g/mol. The molecular formula is C28H28N6O. The molecule has 0 atom stereocenters. The Kier molecular flexibility index (Phi) is 5.91. The molecule has 7 nitrogen and oxygen atoms in total. The van der Waals surface area contributed by atoms with Gasteiger partial charge in [0.15, 0.2) is 5.65 Å². The fourth-order valence-corrected chi connectivity index (χ4v) is 4.54. The lowest BCUT2D eigenvalue weighted by molar-refractivity contribution is -0.116. The van der Waals surface area contributed by atoms with Crippen LogP contribution < -0.4 is 5.32 Å². The summed E-state index contributed by atoms with van der Waals surface area (Å²) in [5.41, 5.74) is 8.84. The van der Waals surface area contributed by atoms with Crippen LogP contribution in [0.15, 0.2) is 66.9 Å².